The Morgan fingerprint density at radius 1 is 1.25 bits per heavy atom. The molecule has 0 spiro atoms. The Morgan fingerprint density at radius 2 is 1.75 bits per heavy atom. The molecule has 0 heterocycles. The SMILES string of the molecule is CCCOC(=O)c1cc([O-])c([O-])c([O-])c1.[Fe+3]. The van der Waals surface area contributed by atoms with Crippen molar-refractivity contribution in [1.82, 2.24) is 0 Å². The van der Waals surface area contributed by atoms with E-state index in [1.807, 2.05) is 6.92 Å². The van der Waals surface area contributed by atoms with Crippen LogP contribution in [0.5, 0.6) is 17.2 Å². The monoisotopic (exact) mass is 265 g/mol. The van der Waals surface area contributed by atoms with E-state index in [2.05, 4.69) is 0 Å². The largest absolute Gasteiger partial charge is 3.00 e. The van der Waals surface area contributed by atoms with Crippen molar-refractivity contribution in [1.29, 1.82) is 0 Å². The Hall–Kier alpha value is -1.39. The second-order valence-electron chi connectivity index (χ2n) is 2.94. The zero-order chi connectivity index (χ0) is 11.4. The number of hydrogen-bond acceptors (Lipinski definition) is 5. The van der Waals surface area contributed by atoms with Crippen LogP contribution >= 0.6 is 0 Å². The maximum absolute atomic E-state index is 11.2. The van der Waals surface area contributed by atoms with Crippen molar-refractivity contribution in [3.63, 3.8) is 0 Å². The van der Waals surface area contributed by atoms with Gasteiger partial charge in [-0.3, -0.25) is 0 Å². The second kappa shape index (κ2) is 6.25. The summed E-state index contributed by atoms with van der Waals surface area (Å²) in [6, 6.07) is 1.64. The van der Waals surface area contributed by atoms with Crippen molar-refractivity contribution >= 4 is 5.97 Å². The Kier molecular flexibility index (Phi) is 5.71. The van der Waals surface area contributed by atoms with Gasteiger partial charge in [-0.2, -0.15) is 0 Å². The van der Waals surface area contributed by atoms with Crippen molar-refractivity contribution in [2.24, 2.45) is 0 Å². The van der Waals surface area contributed by atoms with Crippen LogP contribution in [0.25, 0.3) is 0 Å². The van der Waals surface area contributed by atoms with E-state index in [0.29, 0.717) is 6.42 Å². The topological polar surface area (TPSA) is 95.5 Å². The molecule has 0 aliphatic carbocycles. The van der Waals surface area contributed by atoms with Crippen LogP contribution in [0.3, 0.4) is 0 Å². The van der Waals surface area contributed by atoms with Crippen LogP contribution in [0.2, 0.25) is 0 Å². The van der Waals surface area contributed by atoms with E-state index >= 15 is 0 Å². The number of ether oxygens (including phenoxy) is 1. The van der Waals surface area contributed by atoms with Crippen molar-refractivity contribution in [3.8, 4) is 17.2 Å². The zero-order valence-electron chi connectivity index (χ0n) is 8.46. The first-order valence-electron chi connectivity index (χ1n) is 4.42. The second-order valence-corrected chi connectivity index (χ2v) is 2.94. The molecule has 0 bridgehead atoms. The van der Waals surface area contributed by atoms with E-state index in [1.165, 1.54) is 0 Å². The van der Waals surface area contributed by atoms with E-state index in [-0.39, 0.29) is 29.2 Å². The van der Waals surface area contributed by atoms with Crippen molar-refractivity contribution in [2.45, 2.75) is 13.3 Å². The molecule has 0 N–H and O–H groups in total. The summed E-state index contributed by atoms with van der Waals surface area (Å²) in [7, 11) is 0. The first-order chi connectivity index (χ1) is 7.06. The van der Waals surface area contributed by atoms with Crippen molar-refractivity contribution in [2.75, 3.05) is 6.61 Å². The normalized spacial score (nSPS) is 9.31. The van der Waals surface area contributed by atoms with Gasteiger partial charge in [-0.1, -0.05) is 19.1 Å². The van der Waals surface area contributed by atoms with Gasteiger partial charge in [-0.15, -0.1) is 17.2 Å². The molecular weight excluding hydrogens is 256 g/mol. The molecule has 0 atom stereocenters. The molecule has 1 rings (SSSR count). The number of carbonyl (C=O) groups excluding carboxylic acids is 1. The van der Waals surface area contributed by atoms with Crippen LogP contribution in [-0.2, 0) is 21.8 Å². The summed E-state index contributed by atoms with van der Waals surface area (Å²) in [6.07, 6.45) is 0.639. The molecule has 0 unspecified atom stereocenters. The van der Waals surface area contributed by atoms with E-state index in [4.69, 9.17) is 4.74 Å². The van der Waals surface area contributed by atoms with Gasteiger partial charge in [0, 0.05) is 0 Å². The van der Waals surface area contributed by atoms with Gasteiger partial charge in [0.2, 0.25) is 0 Å². The van der Waals surface area contributed by atoms with Crippen molar-refractivity contribution in [3.05, 3.63) is 17.7 Å². The molecule has 6 heteroatoms. The summed E-state index contributed by atoms with van der Waals surface area (Å²) < 4.78 is 4.71. The van der Waals surface area contributed by atoms with E-state index in [9.17, 15) is 20.1 Å². The third kappa shape index (κ3) is 3.32. The van der Waals surface area contributed by atoms with Crippen LogP contribution in [0.15, 0.2) is 12.1 Å². The Bertz CT molecular complexity index is 354. The van der Waals surface area contributed by atoms with Gasteiger partial charge < -0.3 is 20.1 Å². The maximum Gasteiger partial charge on any atom is 3.00 e. The van der Waals surface area contributed by atoms with Crippen molar-refractivity contribution < 1.29 is 41.9 Å². The van der Waals surface area contributed by atoms with Crippen LogP contribution in [0, 0.1) is 0 Å². The Morgan fingerprint density at radius 3 is 2.19 bits per heavy atom. The van der Waals surface area contributed by atoms with Crippen LogP contribution < -0.4 is 15.3 Å². The molecule has 0 aromatic heterocycles. The molecule has 0 aliphatic rings. The molecule has 0 saturated carbocycles. The number of esters is 1. The van der Waals surface area contributed by atoms with Crippen LogP contribution in [0.4, 0.5) is 0 Å². The first-order valence-corrected chi connectivity index (χ1v) is 4.42. The summed E-state index contributed by atoms with van der Waals surface area (Å²) in [5, 5.41) is 32.6. The molecule has 5 nitrogen and oxygen atoms in total. The van der Waals surface area contributed by atoms with Gasteiger partial charge in [-0.05, 0) is 6.42 Å². The van der Waals surface area contributed by atoms with E-state index in [0.717, 1.165) is 12.1 Å². The first kappa shape index (κ1) is 14.6. The zero-order valence-corrected chi connectivity index (χ0v) is 9.57. The molecule has 1 radical (unpaired) electrons. The molecule has 0 saturated heterocycles. The minimum atomic E-state index is -1.12. The third-order valence-electron chi connectivity index (χ3n) is 1.69. The van der Waals surface area contributed by atoms with Gasteiger partial charge in [0.05, 0.1) is 12.2 Å². The molecule has 16 heavy (non-hydrogen) atoms. The number of rotatable bonds is 3. The quantitative estimate of drug-likeness (QED) is 0.540. The van der Waals surface area contributed by atoms with Gasteiger partial charge in [0.15, 0.2) is 0 Å². The molecular formula is C10H9FeO5. The minimum absolute atomic E-state index is 0. The smallest absolute Gasteiger partial charge is 0.873 e. The standard InChI is InChI=1S/C10H12O5.Fe/c1-2-3-15-10(14)6-4-7(11)9(13)8(12)5-6;/h4-5,11-13H,2-3H2,1H3;/q;+3/p-3. The predicted molar refractivity (Wildman–Crippen MR) is 45.4 cm³/mol. The van der Waals surface area contributed by atoms with Crippen LogP contribution in [-0.4, -0.2) is 12.6 Å². The fraction of sp³-hybridized carbons (Fsp3) is 0.300. The molecule has 0 fully saturated rings. The summed E-state index contributed by atoms with van der Waals surface area (Å²) >= 11 is 0. The fourth-order valence-corrected chi connectivity index (χ4v) is 0.973. The predicted octanol–water partition coefficient (Wildman–Crippen LogP) is -0.528. The number of hydrogen-bond donors (Lipinski definition) is 0. The van der Waals surface area contributed by atoms with Crippen LogP contribution in [0.1, 0.15) is 23.7 Å². The average Bonchev–Trinajstić information content (AvgIpc) is 2.21. The van der Waals surface area contributed by atoms with Gasteiger partial charge in [0.25, 0.3) is 0 Å². The Balaban J connectivity index is 0.00000225. The summed E-state index contributed by atoms with van der Waals surface area (Å²) in [6.45, 7) is 2.02. The summed E-state index contributed by atoms with van der Waals surface area (Å²) in [5.74, 6) is -3.84. The molecule has 1 aromatic carbocycles. The average molecular weight is 265 g/mol. The van der Waals surface area contributed by atoms with Gasteiger partial charge in [-0.25, -0.2) is 4.79 Å². The summed E-state index contributed by atoms with van der Waals surface area (Å²) in [5.41, 5.74) is -0.168. The maximum atomic E-state index is 11.2. The minimum Gasteiger partial charge on any atom is -0.873 e. The molecule has 0 amide bonds. The third-order valence-corrected chi connectivity index (χ3v) is 1.69. The summed E-state index contributed by atoms with van der Waals surface area (Å²) in [4.78, 5) is 11.2. The number of benzene rings is 1. The van der Waals surface area contributed by atoms with E-state index in [1.54, 1.807) is 0 Å². The van der Waals surface area contributed by atoms with Gasteiger partial charge >= 0.3 is 23.0 Å². The Labute approximate surface area is 103 Å². The fourth-order valence-electron chi connectivity index (χ4n) is 0.973. The molecule has 0 aliphatic heterocycles. The van der Waals surface area contributed by atoms with E-state index < -0.39 is 23.2 Å². The molecule has 1 aromatic rings. The van der Waals surface area contributed by atoms with Gasteiger partial charge in [0.1, 0.15) is 0 Å². The number of carbonyl (C=O) groups is 1. The molecule has 87 valence electrons.